The molecule has 0 aliphatic rings. The summed E-state index contributed by atoms with van der Waals surface area (Å²) in [7, 11) is 3.97. The third kappa shape index (κ3) is 2.74. The van der Waals surface area contributed by atoms with E-state index in [4.69, 9.17) is 0 Å². The zero-order valence-corrected chi connectivity index (χ0v) is 10.6. The molecule has 3 nitrogen and oxygen atoms in total. The summed E-state index contributed by atoms with van der Waals surface area (Å²) in [6.45, 7) is 2.11. The molecule has 0 spiro atoms. The predicted molar refractivity (Wildman–Crippen MR) is 69.9 cm³/mol. The first-order chi connectivity index (χ1) is 8.20. The van der Waals surface area contributed by atoms with E-state index in [1.807, 2.05) is 25.0 Å². The molecule has 90 valence electrons. The number of nitrogens with one attached hydrogen (secondary N) is 1. The fourth-order valence-electron chi connectivity index (χ4n) is 2.04. The maximum Gasteiger partial charge on any atom is 0.0553 e. The summed E-state index contributed by atoms with van der Waals surface area (Å²) in [5.74, 6) is 0. The summed E-state index contributed by atoms with van der Waals surface area (Å²) in [4.78, 5) is 0. The molecule has 1 aromatic carbocycles. The number of hydrogen-bond donors (Lipinski definition) is 1. The first-order valence-corrected chi connectivity index (χ1v) is 5.91. The normalized spacial score (nSPS) is 12.6. The van der Waals surface area contributed by atoms with Gasteiger partial charge in [0.2, 0.25) is 0 Å². The third-order valence-electron chi connectivity index (χ3n) is 3.12. The Labute approximate surface area is 102 Å². The van der Waals surface area contributed by atoms with E-state index in [9.17, 15) is 0 Å². The molecule has 1 atom stereocenters. The Morgan fingerprint density at radius 2 is 1.94 bits per heavy atom. The molecule has 0 aliphatic carbocycles. The Balaban J connectivity index is 2.16. The summed E-state index contributed by atoms with van der Waals surface area (Å²) >= 11 is 0. The Morgan fingerprint density at radius 1 is 1.24 bits per heavy atom. The lowest BCUT2D eigenvalue weighted by Gasteiger charge is -2.16. The topological polar surface area (TPSA) is 29.9 Å². The van der Waals surface area contributed by atoms with Crippen LogP contribution in [0.4, 0.5) is 0 Å². The highest BCUT2D eigenvalue weighted by atomic mass is 15.3. The van der Waals surface area contributed by atoms with Gasteiger partial charge >= 0.3 is 0 Å². The number of likely N-dealkylation sites (N-methyl/N-ethyl adjacent to an activating group) is 1. The minimum absolute atomic E-state index is 0.310. The van der Waals surface area contributed by atoms with Crippen molar-refractivity contribution in [1.29, 1.82) is 0 Å². The van der Waals surface area contributed by atoms with Crippen LogP contribution in [-0.2, 0) is 13.5 Å². The highest BCUT2D eigenvalue weighted by Crippen LogP contribution is 2.17. The highest BCUT2D eigenvalue weighted by molar-refractivity contribution is 5.23. The molecule has 1 N–H and O–H groups in total. The van der Waals surface area contributed by atoms with Gasteiger partial charge in [-0.25, -0.2) is 0 Å². The molecule has 0 fully saturated rings. The van der Waals surface area contributed by atoms with Crippen LogP contribution >= 0.6 is 0 Å². The molecule has 0 amide bonds. The number of benzene rings is 1. The van der Waals surface area contributed by atoms with E-state index < -0.39 is 0 Å². The Morgan fingerprint density at radius 3 is 2.47 bits per heavy atom. The lowest BCUT2D eigenvalue weighted by Crippen LogP contribution is -2.21. The van der Waals surface area contributed by atoms with Gasteiger partial charge in [0.25, 0.3) is 0 Å². The van der Waals surface area contributed by atoms with Gasteiger partial charge in [-0.3, -0.25) is 4.68 Å². The van der Waals surface area contributed by atoms with Gasteiger partial charge in [-0.05, 0) is 32.0 Å². The standard InChI is InChI=1S/C14H19N3/c1-11-4-6-12(7-5-11)10-13(15-2)14-8-9-16-17(14)3/h4-9,13,15H,10H2,1-3H3. The van der Waals surface area contributed by atoms with Crippen molar-refractivity contribution in [3.63, 3.8) is 0 Å². The molecule has 0 saturated heterocycles. The van der Waals surface area contributed by atoms with Gasteiger partial charge in [0.1, 0.15) is 0 Å². The molecular formula is C14H19N3. The van der Waals surface area contributed by atoms with Crippen LogP contribution in [0.25, 0.3) is 0 Å². The Bertz CT molecular complexity index is 470. The van der Waals surface area contributed by atoms with Crippen LogP contribution in [0.1, 0.15) is 22.9 Å². The van der Waals surface area contributed by atoms with Crippen LogP contribution in [0.2, 0.25) is 0 Å². The van der Waals surface area contributed by atoms with Crippen molar-refractivity contribution >= 4 is 0 Å². The van der Waals surface area contributed by atoms with Crippen molar-refractivity contribution in [2.75, 3.05) is 7.05 Å². The zero-order chi connectivity index (χ0) is 12.3. The van der Waals surface area contributed by atoms with Gasteiger partial charge in [0.05, 0.1) is 11.7 Å². The quantitative estimate of drug-likeness (QED) is 0.871. The average molecular weight is 229 g/mol. The van der Waals surface area contributed by atoms with Gasteiger partial charge in [-0.15, -0.1) is 0 Å². The lowest BCUT2D eigenvalue weighted by molar-refractivity contribution is 0.537. The average Bonchev–Trinajstić information content (AvgIpc) is 2.75. The summed E-state index contributed by atoms with van der Waals surface area (Å²) in [5.41, 5.74) is 3.86. The smallest absolute Gasteiger partial charge is 0.0553 e. The van der Waals surface area contributed by atoms with Crippen LogP contribution < -0.4 is 5.32 Å². The van der Waals surface area contributed by atoms with Crippen molar-refractivity contribution in [3.8, 4) is 0 Å². The molecule has 0 saturated carbocycles. The second kappa shape index (κ2) is 5.15. The Hall–Kier alpha value is -1.61. The fraction of sp³-hybridized carbons (Fsp3) is 0.357. The predicted octanol–water partition coefficient (Wildman–Crippen LogP) is 2.23. The van der Waals surface area contributed by atoms with Crippen molar-refractivity contribution in [3.05, 3.63) is 53.3 Å². The third-order valence-corrected chi connectivity index (χ3v) is 3.12. The molecule has 1 unspecified atom stereocenters. The van der Waals surface area contributed by atoms with Gasteiger partial charge < -0.3 is 5.32 Å². The number of nitrogens with zero attached hydrogens (tertiary/aromatic N) is 2. The summed E-state index contributed by atoms with van der Waals surface area (Å²) < 4.78 is 1.93. The molecule has 0 aliphatic heterocycles. The van der Waals surface area contributed by atoms with Gasteiger partial charge in [0.15, 0.2) is 0 Å². The molecule has 3 heteroatoms. The largest absolute Gasteiger partial charge is 0.311 e. The van der Waals surface area contributed by atoms with E-state index in [-0.39, 0.29) is 0 Å². The summed E-state index contributed by atoms with van der Waals surface area (Å²) in [6, 6.07) is 11.1. The van der Waals surface area contributed by atoms with Crippen LogP contribution in [0.3, 0.4) is 0 Å². The molecule has 2 rings (SSSR count). The van der Waals surface area contributed by atoms with Crippen molar-refractivity contribution in [1.82, 2.24) is 15.1 Å². The first-order valence-electron chi connectivity index (χ1n) is 5.91. The summed E-state index contributed by atoms with van der Waals surface area (Å²) in [5, 5.41) is 7.57. The molecule has 2 aromatic rings. The number of aromatic nitrogens is 2. The molecule has 0 bridgehead atoms. The maximum absolute atomic E-state index is 4.22. The number of hydrogen-bond acceptors (Lipinski definition) is 2. The molecule has 0 radical (unpaired) electrons. The molecule has 1 heterocycles. The zero-order valence-electron chi connectivity index (χ0n) is 10.6. The van der Waals surface area contributed by atoms with E-state index in [2.05, 4.69) is 47.7 Å². The van der Waals surface area contributed by atoms with E-state index in [0.29, 0.717) is 6.04 Å². The van der Waals surface area contributed by atoms with Gasteiger partial charge in [-0.2, -0.15) is 5.10 Å². The molecule has 17 heavy (non-hydrogen) atoms. The first kappa shape index (κ1) is 11.9. The highest BCUT2D eigenvalue weighted by Gasteiger charge is 2.13. The van der Waals surface area contributed by atoms with E-state index >= 15 is 0 Å². The van der Waals surface area contributed by atoms with Crippen LogP contribution in [-0.4, -0.2) is 16.8 Å². The second-order valence-corrected chi connectivity index (χ2v) is 4.41. The van der Waals surface area contributed by atoms with Gasteiger partial charge in [0, 0.05) is 13.2 Å². The summed E-state index contributed by atoms with van der Waals surface area (Å²) in [6.07, 6.45) is 2.82. The van der Waals surface area contributed by atoms with Crippen LogP contribution in [0.5, 0.6) is 0 Å². The molecular weight excluding hydrogens is 210 g/mol. The lowest BCUT2D eigenvalue weighted by atomic mass is 10.0. The van der Waals surface area contributed by atoms with Crippen molar-refractivity contribution in [2.45, 2.75) is 19.4 Å². The van der Waals surface area contributed by atoms with Crippen LogP contribution in [0.15, 0.2) is 36.5 Å². The van der Waals surface area contributed by atoms with Crippen molar-refractivity contribution < 1.29 is 0 Å². The van der Waals surface area contributed by atoms with Crippen molar-refractivity contribution in [2.24, 2.45) is 7.05 Å². The molecule has 1 aromatic heterocycles. The maximum atomic E-state index is 4.22. The Kier molecular flexibility index (Phi) is 3.59. The fourth-order valence-corrected chi connectivity index (χ4v) is 2.04. The number of rotatable bonds is 4. The number of aryl methyl sites for hydroxylation is 2. The van der Waals surface area contributed by atoms with E-state index in [1.165, 1.54) is 16.8 Å². The SMILES string of the molecule is CNC(Cc1ccc(C)cc1)c1ccnn1C. The van der Waals surface area contributed by atoms with E-state index in [0.717, 1.165) is 6.42 Å². The monoisotopic (exact) mass is 229 g/mol. The van der Waals surface area contributed by atoms with E-state index in [1.54, 1.807) is 0 Å². The van der Waals surface area contributed by atoms with Crippen LogP contribution in [0, 0.1) is 6.92 Å². The minimum Gasteiger partial charge on any atom is -0.311 e. The van der Waals surface area contributed by atoms with Gasteiger partial charge in [-0.1, -0.05) is 29.8 Å². The minimum atomic E-state index is 0.310. The second-order valence-electron chi connectivity index (χ2n) is 4.41.